The molecule has 0 aliphatic carbocycles. The van der Waals surface area contributed by atoms with Gasteiger partial charge in [0.05, 0.1) is 36.8 Å². The van der Waals surface area contributed by atoms with Crippen LogP contribution in [0.25, 0.3) is 0 Å². The third kappa shape index (κ3) is 2.65. The lowest BCUT2D eigenvalue weighted by molar-refractivity contribution is 0.402. The minimum Gasteiger partial charge on any atom is -0.496 e. The van der Waals surface area contributed by atoms with Gasteiger partial charge in [-0.25, -0.2) is 4.39 Å². The van der Waals surface area contributed by atoms with Crippen molar-refractivity contribution in [2.24, 2.45) is 0 Å². The van der Waals surface area contributed by atoms with Crippen molar-refractivity contribution in [2.75, 3.05) is 13.7 Å². The van der Waals surface area contributed by atoms with Crippen molar-refractivity contribution < 1.29 is 9.13 Å². The molecule has 0 fully saturated rings. The molecule has 1 heterocycles. The second-order valence-electron chi connectivity index (χ2n) is 3.71. The van der Waals surface area contributed by atoms with Crippen molar-refractivity contribution in [2.45, 2.75) is 13.0 Å². The number of halogens is 1. The number of ether oxygens (including phenoxy) is 1. The highest BCUT2D eigenvalue weighted by Crippen LogP contribution is 2.29. The Morgan fingerprint density at radius 2 is 2.33 bits per heavy atom. The molecule has 0 saturated carbocycles. The molecule has 4 nitrogen and oxygen atoms in total. The molecule has 2 aromatic rings. The third-order valence-electron chi connectivity index (χ3n) is 2.59. The van der Waals surface area contributed by atoms with E-state index in [-0.39, 0.29) is 11.9 Å². The van der Waals surface area contributed by atoms with Crippen LogP contribution in [0.1, 0.15) is 24.2 Å². The fraction of sp³-hybridized carbons (Fsp3) is 0.333. The smallest absolute Gasteiger partial charge is 0.124 e. The summed E-state index contributed by atoms with van der Waals surface area (Å²) in [4.78, 5) is 0. The van der Waals surface area contributed by atoms with Crippen LogP contribution in [-0.2, 0) is 0 Å². The van der Waals surface area contributed by atoms with Crippen molar-refractivity contribution in [3.63, 3.8) is 0 Å². The van der Waals surface area contributed by atoms with Crippen molar-refractivity contribution in [1.82, 2.24) is 14.1 Å². The first-order chi connectivity index (χ1) is 8.76. The van der Waals surface area contributed by atoms with E-state index in [2.05, 4.69) is 14.1 Å². The van der Waals surface area contributed by atoms with Crippen LogP contribution in [-0.4, -0.2) is 22.4 Å². The zero-order chi connectivity index (χ0) is 13.0. The van der Waals surface area contributed by atoms with E-state index in [9.17, 15) is 4.39 Å². The SMILES string of the molecule is CCNC(c1cnsn1)c1cc(F)ccc1OC. The van der Waals surface area contributed by atoms with Gasteiger partial charge < -0.3 is 10.1 Å². The Morgan fingerprint density at radius 1 is 1.50 bits per heavy atom. The molecule has 1 unspecified atom stereocenters. The van der Waals surface area contributed by atoms with Crippen molar-refractivity contribution in [1.29, 1.82) is 0 Å². The Balaban J connectivity index is 2.45. The first kappa shape index (κ1) is 12.9. The summed E-state index contributed by atoms with van der Waals surface area (Å²) in [5.41, 5.74) is 1.50. The average molecular weight is 267 g/mol. The van der Waals surface area contributed by atoms with Gasteiger partial charge in [0.25, 0.3) is 0 Å². The maximum Gasteiger partial charge on any atom is 0.124 e. The maximum absolute atomic E-state index is 13.4. The minimum atomic E-state index is -0.295. The standard InChI is InChI=1S/C12H14FN3OS/c1-3-14-12(10-7-15-18-16-10)9-6-8(13)4-5-11(9)17-2/h4-7,12,14H,3H2,1-2H3. The quantitative estimate of drug-likeness (QED) is 0.903. The topological polar surface area (TPSA) is 47.0 Å². The second-order valence-corrected chi connectivity index (χ2v) is 4.27. The predicted octanol–water partition coefficient (Wildman–Crippen LogP) is 2.38. The Bertz CT molecular complexity index is 504. The molecule has 0 amide bonds. The molecule has 0 aliphatic heterocycles. The molecular formula is C12H14FN3OS. The van der Waals surface area contributed by atoms with Crippen LogP contribution < -0.4 is 10.1 Å². The van der Waals surface area contributed by atoms with Gasteiger partial charge in [0.1, 0.15) is 11.6 Å². The van der Waals surface area contributed by atoms with E-state index in [1.165, 1.54) is 12.1 Å². The van der Waals surface area contributed by atoms with E-state index in [0.29, 0.717) is 5.75 Å². The Morgan fingerprint density at radius 3 is 2.94 bits per heavy atom. The van der Waals surface area contributed by atoms with Gasteiger partial charge in [-0.05, 0) is 24.7 Å². The predicted molar refractivity (Wildman–Crippen MR) is 68.4 cm³/mol. The summed E-state index contributed by atoms with van der Waals surface area (Å²) in [7, 11) is 1.57. The zero-order valence-corrected chi connectivity index (χ0v) is 11.0. The number of hydrogen-bond donors (Lipinski definition) is 1. The summed E-state index contributed by atoms with van der Waals surface area (Å²) in [6.45, 7) is 2.72. The Kier molecular flexibility index (Phi) is 4.22. The summed E-state index contributed by atoms with van der Waals surface area (Å²) in [5.74, 6) is 0.340. The molecule has 1 atom stereocenters. The van der Waals surface area contributed by atoms with E-state index < -0.39 is 0 Å². The van der Waals surface area contributed by atoms with Gasteiger partial charge in [-0.2, -0.15) is 8.75 Å². The monoisotopic (exact) mass is 267 g/mol. The first-order valence-electron chi connectivity index (χ1n) is 5.60. The van der Waals surface area contributed by atoms with Gasteiger partial charge in [-0.1, -0.05) is 6.92 Å². The van der Waals surface area contributed by atoms with Gasteiger partial charge in [0, 0.05) is 5.56 Å². The number of benzene rings is 1. The molecule has 2 rings (SSSR count). The fourth-order valence-electron chi connectivity index (χ4n) is 1.81. The van der Waals surface area contributed by atoms with E-state index in [0.717, 1.165) is 29.5 Å². The molecule has 0 aliphatic rings. The first-order valence-corrected chi connectivity index (χ1v) is 6.33. The molecule has 0 spiro atoms. The van der Waals surface area contributed by atoms with Crippen LogP contribution in [0.2, 0.25) is 0 Å². The Hall–Kier alpha value is -1.53. The molecule has 1 aromatic heterocycles. The van der Waals surface area contributed by atoms with Gasteiger partial charge >= 0.3 is 0 Å². The molecule has 1 N–H and O–H groups in total. The number of methoxy groups -OCH3 is 1. The lowest BCUT2D eigenvalue weighted by Gasteiger charge is -2.18. The van der Waals surface area contributed by atoms with Gasteiger partial charge in [0.15, 0.2) is 0 Å². The lowest BCUT2D eigenvalue weighted by atomic mass is 10.0. The molecule has 1 aromatic carbocycles. The number of hydrogen-bond acceptors (Lipinski definition) is 5. The maximum atomic E-state index is 13.4. The highest BCUT2D eigenvalue weighted by atomic mass is 32.1. The summed E-state index contributed by atoms with van der Waals surface area (Å²) in [6, 6.07) is 4.25. The average Bonchev–Trinajstić information content (AvgIpc) is 2.89. The molecule has 96 valence electrons. The van der Waals surface area contributed by atoms with Crippen LogP contribution in [0.5, 0.6) is 5.75 Å². The molecule has 0 bridgehead atoms. The highest BCUT2D eigenvalue weighted by Gasteiger charge is 2.20. The summed E-state index contributed by atoms with van der Waals surface area (Å²) in [5, 5.41) is 3.26. The molecule has 0 radical (unpaired) electrons. The van der Waals surface area contributed by atoms with Gasteiger partial charge in [0.2, 0.25) is 0 Å². The largest absolute Gasteiger partial charge is 0.496 e. The van der Waals surface area contributed by atoms with Gasteiger partial charge in [-0.3, -0.25) is 0 Å². The molecule has 18 heavy (non-hydrogen) atoms. The van der Waals surface area contributed by atoms with Crippen LogP contribution >= 0.6 is 11.7 Å². The number of nitrogens with zero attached hydrogens (tertiary/aromatic N) is 2. The molecule has 0 saturated heterocycles. The molecular weight excluding hydrogens is 253 g/mol. The number of aromatic nitrogens is 2. The van der Waals surface area contributed by atoms with E-state index >= 15 is 0 Å². The normalized spacial score (nSPS) is 12.4. The van der Waals surface area contributed by atoms with Crippen LogP contribution in [0, 0.1) is 5.82 Å². The van der Waals surface area contributed by atoms with Crippen LogP contribution in [0.4, 0.5) is 4.39 Å². The fourth-order valence-corrected chi connectivity index (χ4v) is 2.26. The second kappa shape index (κ2) is 5.88. The van der Waals surface area contributed by atoms with Crippen LogP contribution in [0.3, 0.4) is 0 Å². The molecule has 6 heteroatoms. The number of rotatable bonds is 5. The van der Waals surface area contributed by atoms with Crippen molar-refractivity contribution >= 4 is 11.7 Å². The van der Waals surface area contributed by atoms with E-state index in [4.69, 9.17) is 4.74 Å². The summed E-state index contributed by atoms with van der Waals surface area (Å²) < 4.78 is 26.9. The highest BCUT2D eigenvalue weighted by molar-refractivity contribution is 6.99. The summed E-state index contributed by atoms with van der Waals surface area (Å²) in [6.07, 6.45) is 1.68. The van der Waals surface area contributed by atoms with Gasteiger partial charge in [-0.15, -0.1) is 0 Å². The Labute approximate surface area is 109 Å². The van der Waals surface area contributed by atoms with Crippen molar-refractivity contribution in [3.8, 4) is 5.75 Å². The minimum absolute atomic E-state index is 0.209. The van der Waals surface area contributed by atoms with Crippen LogP contribution in [0.15, 0.2) is 24.4 Å². The van der Waals surface area contributed by atoms with Crippen molar-refractivity contribution in [3.05, 3.63) is 41.5 Å². The van der Waals surface area contributed by atoms with E-state index in [1.807, 2.05) is 6.92 Å². The zero-order valence-electron chi connectivity index (χ0n) is 10.2. The van der Waals surface area contributed by atoms with E-state index in [1.54, 1.807) is 19.4 Å². The summed E-state index contributed by atoms with van der Waals surface area (Å²) >= 11 is 1.13. The number of nitrogens with one attached hydrogen (secondary N) is 1. The lowest BCUT2D eigenvalue weighted by Crippen LogP contribution is -2.23. The third-order valence-corrected chi connectivity index (χ3v) is 3.08.